The molecule has 3 aromatic rings. The van der Waals surface area contributed by atoms with E-state index >= 15 is 0 Å². The zero-order chi connectivity index (χ0) is 31.9. The first-order chi connectivity index (χ1) is 22.5. The molecule has 0 spiro atoms. The van der Waals surface area contributed by atoms with Crippen LogP contribution in [0, 0.1) is 0 Å². The quantitative estimate of drug-likeness (QED) is 0.156. The number of rotatable bonds is 12. The number of carbonyl (C=O) groups is 1. The van der Waals surface area contributed by atoms with E-state index in [2.05, 4.69) is 87.1 Å². The summed E-state index contributed by atoms with van der Waals surface area (Å²) in [6, 6.07) is 22.4. The van der Waals surface area contributed by atoms with Crippen LogP contribution < -0.4 is 21.7 Å². The van der Waals surface area contributed by atoms with E-state index in [0.29, 0.717) is 18.8 Å². The summed E-state index contributed by atoms with van der Waals surface area (Å²) in [5.41, 5.74) is 14.5. The van der Waals surface area contributed by atoms with Crippen molar-refractivity contribution in [2.45, 2.75) is 32.3 Å². The molecule has 2 aromatic carbocycles. The number of nitrogens with two attached hydrogens (primary N) is 1. The van der Waals surface area contributed by atoms with E-state index in [1.54, 1.807) is 0 Å². The first-order valence-corrected chi connectivity index (χ1v) is 16.1. The maximum Gasteiger partial charge on any atom is 0.553 e. The number of nitrogens with zero attached hydrogens (tertiary/aromatic N) is 2. The number of fused-ring (bicyclic) bond motifs is 2. The standard InChI is InChI=1S/C36H38BClN6O2/c1-2-46-32-11-7-6-10-27(32)23-40-33-20-18-30-36(26-13-16-29(17-14-26)42-35(45)22-38)31-19-21-34(44(31)37-43(30)33)41-24-28(39)15-12-25-8-4-3-5-9-25/h3-10,13-14,16-21,24,32,40-41H,2,11-12,15,22-23,39H2,1H3,(H,42,45)/q+1. The number of nitrogens with one attached hydrogen (secondary N) is 3. The number of ether oxygens (including phenoxy) is 1. The SMILES string of the molecule is CCOC1CC=CC=C1CNC1=[N+]2[B]n3c(NC=C(N)CCc4ccccc4)ccc3C(c3ccc(NC(=O)CCl)cc3)=C2C=C1. The number of halogens is 1. The number of allylic oxidation sites excluding steroid dienone is 4. The number of carbonyl (C=O) groups excluding carboxylic acids is 1. The third kappa shape index (κ3) is 7.06. The van der Waals surface area contributed by atoms with Crippen molar-refractivity contribution in [2.75, 3.05) is 29.7 Å². The molecule has 8 nitrogen and oxygen atoms in total. The Morgan fingerprint density at radius 1 is 1.13 bits per heavy atom. The second kappa shape index (κ2) is 14.6. The van der Waals surface area contributed by atoms with Crippen molar-refractivity contribution in [3.63, 3.8) is 0 Å². The zero-order valence-electron chi connectivity index (χ0n) is 25.9. The van der Waals surface area contributed by atoms with Gasteiger partial charge in [-0.25, -0.2) is 0 Å². The van der Waals surface area contributed by atoms with Crippen molar-refractivity contribution < 1.29 is 14.0 Å². The van der Waals surface area contributed by atoms with Crippen molar-refractivity contribution in [1.29, 1.82) is 0 Å². The number of aromatic nitrogens is 1. The predicted molar refractivity (Wildman–Crippen MR) is 188 cm³/mol. The summed E-state index contributed by atoms with van der Waals surface area (Å²) in [7, 11) is 2.09. The molecule has 1 aliphatic carbocycles. The molecule has 0 fully saturated rings. The van der Waals surface area contributed by atoms with Crippen molar-refractivity contribution in [1.82, 2.24) is 9.79 Å². The lowest BCUT2D eigenvalue weighted by Gasteiger charge is -2.23. The van der Waals surface area contributed by atoms with Crippen LogP contribution in [-0.2, 0) is 16.0 Å². The minimum Gasteiger partial charge on any atom is -0.401 e. The molecule has 1 amide bonds. The second-order valence-electron chi connectivity index (χ2n) is 11.2. The van der Waals surface area contributed by atoms with Gasteiger partial charge in [-0.3, -0.25) is 14.6 Å². The summed E-state index contributed by atoms with van der Waals surface area (Å²) in [6.45, 7) is 3.37. The number of benzene rings is 2. The minimum atomic E-state index is -0.241. The Balaban J connectivity index is 1.29. The van der Waals surface area contributed by atoms with E-state index in [1.807, 2.05) is 55.6 Å². The molecule has 5 N–H and O–H groups in total. The molecule has 0 bridgehead atoms. The van der Waals surface area contributed by atoms with Gasteiger partial charge in [-0.2, -0.15) is 0 Å². The topological polar surface area (TPSA) is 96.3 Å². The molecule has 2 aliphatic heterocycles. The molecule has 0 saturated carbocycles. The van der Waals surface area contributed by atoms with Crippen LogP contribution >= 0.6 is 11.6 Å². The summed E-state index contributed by atoms with van der Waals surface area (Å²) in [5.74, 6) is 1.52. The summed E-state index contributed by atoms with van der Waals surface area (Å²) in [6.07, 6.45) is 15.1. The molecule has 46 heavy (non-hydrogen) atoms. The fourth-order valence-corrected chi connectivity index (χ4v) is 5.90. The number of hydrogen-bond donors (Lipinski definition) is 4. The molecule has 3 aliphatic rings. The highest BCUT2D eigenvalue weighted by atomic mass is 35.5. The average Bonchev–Trinajstić information content (AvgIpc) is 3.69. The van der Waals surface area contributed by atoms with Crippen molar-refractivity contribution in [2.24, 2.45) is 5.73 Å². The maximum atomic E-state index is 11.9. The molecule has 1 unspecified atom stereocenters. The van der Waals surface area contributed by atoms with Crippen LogP contribution in [0.2, 0.25) is 0 Å². The highest BCUT2D eigenvalue weighted by molar-refractivity contribution is 6.30. The van der Waals surface area contributed by atoms with Crippen LogP contribution in [-0.4, -0.2) is 53.4 Å². The summed E-state index contributed by atoms with van der Waals surface area (Å²) in [5, 5.41) is 9.93. The zero-order valence-corrected chi connectivity index (χ0v) is 26.6. The Morgan fingerprint density at radius 2 is 1.96 bits per heavy atom. The van der Waals surface area contributed by atoms with Gasteiger partial charge in [0.05, 0.1) is 6.10 Å². The normalized spacial score (nSPS) is 17.0. The van der Waals surface area contributed by atoms with Crippen LogP contribution in [0.5, 0.6) is 0 Å². The van der Waals surface area contributed by atoms with Crippen LogP contribution in [0.4, 0.5) is 11.5 Å². The summed E-state index contributed by atoms with van der Waals surface area (Å²) < 4.78 is 10.3. The van der Waals surface area contributed by atoms with Gasteiger partial charge in [-0.1, -0.05) is 60.7 Å². The van der Waals surface area contributed by atoms with Crippen LogP contribution in [0.3, 0.4) is 0 Å². The third-order valence-corrected chi connectivity index (χ3v) is 8.40. The molecule has 1 atom stereocenters. The van der Waals surface area contributed by atoms with E-state index in [4.69, 9.17) is 22.1 Å². The Kier molecular flexibility index (Phi) is 9.91. The molecule has 0 saturated heterocycles. The van der Waals surface area contributed by atoms with E-state index < -0.39 is 0 Å². The van der Waals surface area contributed by atoms with Gasteiger partial charge in [0.1, 0.15) is 23.9 Å². The number of hydrogen-bond acceptors (Lipinski definition) is 5. The lowest BCUT2D eigenvalue weighted by Crippen LogP contribution is -2.39. The highest BCUT2D eigenvalue weighted by Crippen LogP contribution is 2.36. The Labute approximate surface area is 276 Å². The number of alkyl halides is 1. The molecular weight excluding hydrogens is 595 g/mol. The number of amides is 1. The average molecular weight is 633 g/mol. The van der Waals surface area contributed by atoms with Gasteiger partial charge in [0, 0.05) is 41.5 Å². The van der Waals surface area contributed by atoms with Crippen molar-refractivity contribution >= 4 is 48.0 Å². The van der Waals surface area contributed by atoms with Crippen molar-refractivity contribution in [3.8, 4) is 0 Å². The van der Waals surface area contributed by atoms with Crippen LogP contribution in [0.1, 0.15) is 36.6 Å². The first kappa shape index (κ1) is 31.3. The molecule has 3 heterocycles. The maximum absolute atomic E-state index is 11.9. The molecule has 1 aromatic heterocycles. The number of amidine groups is 1. The third-order valence-electron chi connectivity index (χ3n) is 8.16. The van der Waals surface area contributed by atoms with Crippen molar-refractivity contribution in [3.05, 3.63) is 137 Å². The molecular formula is C36H38BClN6O2+. The first-order valence-electron chi connectivity index (χ1n) is 15.6. The van der Waals surface area contributed by atoms with Gasteiger partial charge < -0.3 is 25.6 Å². The Bertz CT molecular complexity index is 1770. The number of anilines is 2. The molecule has 233 valence electrons. The molecule has 10 heteroatoms. The van der Waals surface area contributed by atoms with E-state index in [0.717, 1.165) is 59.1 Å². The smallest absolute Gasteiger partial charge is 0.401 e. The van der Waals surface area contributed by atoms with Gasteiger partial charge in [0.25, 0.3) is 5.84 Å². The second-order valence-corrected chi connectivity index (χ2v) is 11.5. The Hall–Kier alpha value is -4.73. The van der Waals surface area contributed by atoms with E-state index in [1.165, 1.54) is 11.1 Å². The van der Waals surface area contributed by atoms with Crippen LogP contribution in [0.25, 0.3) is 5.57 Å². The van der Waals surface area contributed by atoms with Gasteiger partial charge in [-0.05, 0) is 73.2 Å². The molecule has 6 rings (SSSR count). The summed E-state index contributed by atoms with van der Waals surface area (Å²) >= 11 is 5.70. The van der Waals surface area contributed by atoms with E-state index in [-0.39, 0.29) is 17.9 Å². The monoisotopic (exact) mass is 632 g/mol. The van der Waals surface area contributed by atoms with Gasteiger partial charge in [0.2, 0.25) is 5.91 Å². The lowest BCUT2D eigenvalue weighted by molar-refractivity contribution is -0.315. The number of aryl methyl sites for hydroxylation is 1. The fourth-order valence-electron chi connectivity index (χ4n) is 5.84. The minimum absolute atomic E-state index is 0.0770. The van der Waals surface area contributed by atoms with Crippen LogP contribution in [0.15, 0.2) is 120 Å². The van der Waals surface area contributed by atoms with Gasteiger partial charge in [-0.15, -0.1) is 11.6 Å². The van der Waals surface area contributed by atoms with E-state index in [9.17, 15) is 4.79 Å². The van der Waals surface area contributed by atoms with Gasteiger partial charge in [0.15, 0.2) is 0 Å². The highest BCUT2D eigenvalue weighted by Gasteiger charge is 2.35. The van der Waals surface area contributed by atoms with Gasteiger partial charge >= 0.3 is 7.55 Å². The largest absolute Gasteiger partial charge is 0.553 e. The lowest BCUT2D eigenvalue weighted by atomic mass is 9.92. The molecule has 1 radical (unpaired) electrons. The summed E-state index contributed by atoms with van der Waals surface area (Å²) in [4.78, 5) is 11.9. The fraction of sp³-hybridized carbons (Fsp3) is 0.222. The Morgan fingerprint density at radius 3 is 2.74 bits per heavy atom. The predicted octanol–water partition coefficient (Wildman–Crippen LogP) is 5.53.